The summed E-state index contributed by atoms with van der Waals surface area (Å²) in [6.07, 6.45) is -1.25. The van der Waals surface area contributed by atoms with Gasteiger partial charge in [0.05, 0.1) is 10.6 Å². The maximum Gasteiger partial charge on any atom is 0.278 e. The van der Waals surface area contributed by atoms with E-state index in [0.29, 0.717) is 5.56 Å². The van der Waals surface area contributed by atoms with E-state index >= 15 is 0 Å². The molecule has 2 amide bonds. The van der Waals surface area contributed by atoms with Crippen LogP contribution >= 0.6 is 0 Å². The van der Waals surface area contributed by atoms with Crippen LogP contribution in [0.3, 0.4) is 0 Å². The molecule has 9 heteroatoms. The lowest BCUT2D eigenvalue weighted by atomic mass is 9.93. The fourth-order valence-corrected chi connectivity index (χ4v) is 3.10. The number of nitrogens with zero attached hydrogens (tertiary/aromatic N) is 3. The van der Waals surface area contributed by atoms with Gasteiger partial charge < -0.3 is 4.84 Å². The Labute approximate surface area is 152 Å². The monoisotopic (exact) mass is 365 g/mol. The smallest absolute Gasteiger partial charge is 0.278 e. The molecular weight excluding hydrogens is 354 g/mol. The Kier molecular flexibility index (Phi) is 3.76. The number of amides is 2. The van der Waals surface area contributed by atoms with Crippen LogP contribution in [0.15, 0.2) is 59.8 Å². The van der Waals surface area contributed by atoms with E-state index < -0.39 is 34.5 Å². The number of nitro benzene ring substituents is 1. The highest BCUT2D eigenvalue weighted by Crippen LogP contribution is 2.35. The van der Waals surface area contributed by atoms with Crippen molar-refractivity contribution >= 4 is 34.7 Å². The van der Waals surface area contributed by atoms with Gasteiger partial charge in [-0.15, -0.1) is 0 Å². The van der Waals surface area contributed by atoms with E-state index in [4.69, 9.17) is 4.84 Å². The number of ketones is 1. The Bertz CT molecular complexity index is 1020. The molecule has 2 aromatic rings. The Balaban J connectivity index is 1.68. The molecule has 0 radical (unpaired) electrons. The molecular formula is C18H11N3O6. The van der Waals surface area contributed by atoms with E-state index in [1.54, 1.807) is 30.3 Å². The number of hydrogen-bond acceptors (Lipinski definition) is 7. The molecule has 2 atom stereocenters. The second-order valence-corrected chi connectivity index (χ2v) is 5.96. The van der Waals surface area contributed by atoms with Crippen molar-refractivity contribution in [1.29, 1.82) is 0 Å². The van der Waals surface area contributed by atoms with Crippen LogP contribution in [0.5, 0.6) is 0 Å². The predicted octanol–water partition coefficient (Wildman–Crippen LogP) is 1.72. The number of fused-ring (bicyclic) bond motifs is 1. The van der Waals surface area contributed by atoms with E-state index in [-0.39, 0.29) is 17.1 Å². The SMILES string of the molecule is O=C(C1=NO[C@H]2C(=O)N(c3cccc([N+](=O)[O-])c3)C(=O)[C@H]12)c1ccccc1. The highest BCUT2D eigenvalue weighted by molar-refractivity contribution is 6.52. The van der Waals surface area contributed by atoms with E-state index in [1.165, 1.54) is 18.2 Å². The molecule has 0 N–H and O–H groups in total. The number of hydrogen-bond donors (Lipinski definition) is 0. The van der Waals surface area contributed by atoms with Crippen molar-refractivity contribution in [2.45, 2.75) is 6.10 Å². The average molecular weight is 365 g/mol. The number of carbonyl (C=O) groups excluding carboxylic acids is 3. The molecule has 0 unspecified atom stereocenters. The number of nitro groups is 1. The van der Waals surface area contributed by atoms with Crippen molar-refractivity contribution < 1.29 is 24.1 Å². The molecule has 2 aromatic carbocycles. The fraction of sp³-hybridized carbons (Fsp3) is 0.111. The van der Waals surface area contributed by atoms with E-state index in [1.807, 2.05) is 0 Å². The first-order valence-electron chi connectivity index (χ1n) is 7.95. The van der Waals surface area contributed by atoms with Gasteiger partial charge in [0.25, 0.3) is 11.6 Å². The largest absolute Gasteiger partial charge is 0.381 e. The Morgan fingerprint density at radius 3 is 2.52 bits per heavy atom. The van der Waals surface area contributed by atoms with Crippen LogP contribution in [-0.4, -0.2) is 34.3 Å². The minimum atomic E-state index is -1.25. The van der Waals surface area contributed by atoms with E-state index in [0.717, 1.165) is 11.0 Å². The van der Waals surface area contributed by atoms with Crippen molar-refractivity contribution in [2.24, 2.45) is 11.1 Å². The van der Waals surface area contributed by atoms with Crippen molar-refractivity contribution in [3.63, 3.8) is 0 Å². The van der Waals surface area contributed by atoms with Gasteiger partial charge in [-0.25, -0.2) is 4.90 Å². The molecule has 9 nitrogen and oxygen atoms in total. The number of rotatable bonds is 4. The molecule has 1 fully saturated rings. The number of benzene rings is 2. The second kappa shape index (κ2) is 6.13. The van der Waals surface area contributed by atoms with Gasteiger partial charge >= 0.3 is 0 Å². The summed E-state index contributed by atoms with van der Waals surface area (Å²) < 4.78 is 0. The summed E-state index contributed by atoms with van der Waals surface area (Å²) in [6.45, 7) is 0. The Hall–Kier alpha value is -3.88. The zero-order valence-corrected chi connectivity index (χ0v) is 13.6. The summed E-state index contributed by atoms with van der Waals surface area (Å²) in [6, 6.07) is 13.3. The lowest BCUT2D eigenvalue weighted by Gasteiger charge is -2.14. The summed E-state index contributed by atoms with van der Waals surface area (Å²) in [5.41, 5.74) is -0.0592. The molecule has 2 aliphatic rings. The third-order valence-corrected chi connectivity index (χ3v) is 4.38. The maximum atomic E-state index is 12.8. The number of oxime groups is 1. The number of carbonyl (C=O) groups is 3. The van der Waals surface area contributed by atoms with Crippen molar-refractivity contribution in [2.75, 3.05) is 4.90 Å². The first-order chi connectivity index (χ1) is 13.0. The third-order valence-electron chi connectivity index (χ3n) is 4.38. The molecule has 0 saturated carbocycles. The highest BCUT2D eigenvalue weighted by atomic mass is 16.7. The summed E-state index contributed by atoms with van der Waals surface area (Å²) in [7, 11) is 0. The Morgan fingerprint density at radius 2 is 1.81 bits per heavy atom. The van der Waals surface area contributed by atoms with Gasteiger partial charge in [0.2, 0.25) is 17.8 Å². The molecule has 0 spiro atoms. The number of anilines is 1. The molecule has 2 heterocycles. The lowest BCUT2D eigenvalue weighted by Crippen LogP contribution is -2.34. The molecule has 1 saturated heterocycles. The third kappa shape index (κ3) is 2.56. The van der Waals surface area contributed by atoms with Gasteiger partial charge in [-0.3, -0.25) is 24.5 Å². The second-order valence-electron chi connectivity index (χ2n) is 5.96. The van der Waals surface area contributed by atoms with Crippen LogP contribution in [0.2, 0.25) is 0 Å². The minimum Gasteiger partial charge on any atom is -0.381 e. The number of non-ortho nitro benzene ring substituents is 1. The summed E-state index contributed by atoms with van der Waals surface area (Å²) >= 11 is 0. The Morgan fingerprint density at radius 1 is 1.07 bits per heavy atom. The predicted molar refractivity (Wildman–Crippen MR) is 92.2 cm³/mol. The highest BCUT2D eigenvalue weighted by Gasteiger charge is 2.57. The minimum absolute atomic E-state index is 0.0451. The summed E-state index contributed by atoms with van der Waals surface area (Å²) in [5.74, 6) is -3.11. The maximum absolute atomic E-state index is 12.8. The van der Waals surface area contributed by atoms with Gasteiger partial charge in [0.1, 0.15) is 11.6 Å². The lowest BCUT2D eigenvalue weighted by molar-refractivity contribution is -0.384. The van der Waals surface area contributed by atoms with Crippen molar-refractivity contribution in [1.82, 2.24) is 0 Å². The van der Waals surface area contributed by atoms with Crippen LogP contribution < -0.4 is 4.90 Å². The molecule has 0 aliphatic carbocycles. The standard InChI is InChI=1S/C18H11N3O6/c22-15(10-5-2-1-3-6-10)14-13-16(27-19-14)18(24)20(17(13)23)11-7-4-8-12(9-11)21(25)26/h1-9,13,16H/t13-,16-/m1/s1. The van der Waals surface area contributed by atoms with Crippen molar-refractivity contribution in [3.05, 3.63) is 70.3 Å². The topological polar surface area (TPSA) is 119 Å². The van der Waals surface area contributed by atoms with Crippen molar-refractivity contribution in [3.8, 4) is 0 Å². The first-order valence-corrected chi connectivity index (χ1v) is 7.95. The zero-order chi connectivity index (χ0) is 19.1. The van der Waals surface area contributed by atoms with Gasteiger partial charge in [-0.1, -0.05) is 41.6 Å². The molecule has 0 bridgehead atoms. The molecule has 27 heavy (non-hydrogen) atoms. The molecule has 0 aromatic heterocycles. The first kappa shape index (κ1) is 16.6. The quantitative estimate of drug-likeness (QED) is 0.352. The molecule has 134 valence electrons. The molecule has 4 rings (SSSR count). The fourth-order valence-electron chi connectivity index (χ4n) is 3.10. The normalized spacial score (nSPS) is 20.9. The van der Waals surface area contributed by atoms with Gasteiger partial charge in [0.15, 0.2) is 0 Å². The van der Waals surface area contributed by atoms with Crippen LogP contribution in [0.4, 0.5) is 11.4 Å². The van der Waals surface area contributed by atoms with Crippen LogP contribution in [0.25, 0.3) is 0 Å². The van der Waals surface area contributed by atoms with Crippen LogP contribution in [0.1, 0.15) is 10.4 Å². The molecule has 2 aliphatic heterocycles. The van der Waals surface area contributed by atoms with Crippen LogP contribution in [0, 0.1) is 16.0 Å². The number of Topliss-reactive ketones (excluding diaryl/α,β-unsaturated/α-hetero) is 1. The van der Waals surface area contributed by atoms with Gasteiger partial charge in [-0.2, -0.15) is 0 Å². The van der Waals surface area contributed by atoms with E-state index in [2.05, 4.69) is 5.16 Å². The van der Waals surface area contributed by atoms with Gasteiger partial charge in [0, 0.05) is 17.7 Å². The summed E-state index contributed by atoms with van der Waals surface area (Å²) in [5, 5.41) is 14.6. The number of imide groups is 1. The summed E-state index contributed by atoms with van der Waals surface area (Å²) in [4.78, 5) is 54.3. The average Bonchev–Trinajstić information content (AvgIpc) is 3.22. The van der Waals surface area contributed by atoms with E-state index in [9.17, 15) is 24.5 Å². The van der Waals surface area contributed by atoms with Crippen LogP contribution in [-0.2, 0) is 14.4 Å². The zero-order valence-electron chi connectivity index (χ0n) is 13.6. The van der Waals surface area contributed by atoms with Gasteiger partial charge in [-0.05, 0) is 6.07 Å².